The predicted molar refractivity (Wildman–Crippen MR) is 88.7 cm³/mol. The van der Waals surface area contributed by atoms with Crippen LogP contribution in [0.4, 0.5) is 5.13 Å². The highest BCUT2D eigenvalue weighted by molar-refractivity contribution is 7.15. The van der Waals surface area contributed by atoms with Crippen molar-refractivity contribution in [2.75, 3.05) is 11.9 Å². The Kier molecular flexibility index (Phi) is 5.81. The highest BCUT2D eigenvalue weighted by atomic mass is 32.1. The minimum Gasteiger partial charge on any atom is -0.466 e. The van der Waals surface area contributed by atoms with Crippen molar-refractivity contribution < 1.29 is 14.3 Å². The minimum absolute atomic E-state index is 0.0600. The number of nitrogens with one attached hydrogen (secondary N) is 1. The fraction of sp³-hybridized carbons (Fsp3) is 0.375. The molecule has 0 fully saturated rings. The number of esters is 1. The number of hydrogen-bond acceptors (Lipinski definition) is 6. The van der Waals surface area contributed by atoms with Crippen LogP contribution in [0.3, 0.4) is 0 Å². The van der Waals surface area contributed by atoms with Gasteiger partial charge < -0.3 is 4.74 Å². The summed E-state index contributed by atoms with van der Waals surface area (Å²) in [4.78, 5) is 23.5. The number of aromatic nitrogens is 2. The molecule has 1 aromatic carbocycles. The summed E-state index contributed by atoms with van der Waals surface area (Å²) in [6.45, 7) is 6.27. The van der Waals surface area contributed by atoms with Crippen molar-refractivity contribution in [1.29, 1.82) is 0 Å². The molecule has 0 aliphatic carbocycles. The lowest BCUT2D eigenvalue weighted by Crippen LogP contribution is -2.11. The Morgan fingerprint density at radius 1 is 1.22 bits per heavy atom. The van der Waals surface area contributed by atoms with E-state index in [0.717, 1.165) is 11.3 Å². The third-order valence-corrected chi connectivity index (χ3v) is 3.97. The van der Waals surface area contributed by atoms with Crippen LogP contribution in [0.25, 0.3) is 0 Å². The number of anilines is 1. The number of benzene rings is 1. The molecule has 1 heterocycles. The molecule has 2 rings (SSSR count). The first-order valence-electron chi connectivity index (χ1n) is 7.39. The first-order chi connectivity index (χ1) is 11.0. The van der Waals surface area contributed by atoms with Gasteiger partial charge >= 0.3 is 5.97 Å². The Hall–Kier alpha value is -2.28. The van der Waals surface area contributed by atoms with E-state index in [4.69, 9.17) is 4.74 Å². The summed E-state index contributed by atoms with van der Waals surface area (Å²) in [6, 6.07) is 7.44. The summed E-state index contributed by atoms with van der Waals surface area (Å²) in [7, 11) is 0. The molecule has 0 saturated heterocycles. The molecule has 0 bridgehead atoms. The molecular weight excluding hydrogens is 314 g/mol. The van der Waals surface area contributed by atoms with E-state index in [-0.39, 0.29) is 18.3 Å². The zero-order valence-electron chi connectivity index (χ0n) is 13.3. The Labute approximate surface area is 138 Å². The van der Waals surface area contributed by atoms with Crippen LogP contribution in [0.5, 0.6) is 0 Å². The minimum atomic E-state index is -0.356. The smallest absolute Gasteiger partial charge is 0.312 e. The Bertz CT molecular complexity index is 680. The molecule has 1 amide bonds. The average molecular weight is 333 g/mol. The van der Waals surface area contributed by atoms with Crippen LogP contribution < -0.4 is 5.32 Å². The van der Waals surface area contributed by atoms with Crippen LogP contribution in [0, 0.1) is 0 Å². The molecule has 0 unspecified atom stereocenters. The lowest BCUT2D eigenvalue weighted by Gasteiger charge is -2.06. The molecule has 2 aromatic rings. The molecule has 23 heavy (non-hydrogen) atoms. The number of hydrogen-bond donors (Lipinski definition) is 1. The second-order valence-corrected chi connectivity index (χ2v) is 6.28. The van der Waals surface area contributed by atoms with E-state index < -0.39 is 0 Å². The van der Waals surface area contributed by atoms with Crippen LogP contribution in [-0.2, 0) is 16.0 Å². The SMILES string of the molecule is CCOC(=O)Cc1nnc(NC(=O)c2ccc(C(C)C)cc2)s1. The van der Waals surface area contributed by atoms with Gasteiger partial charge in [-0.1, -0.05) is 37.3 Å². The molecule has 1 N–H and O–H groups in total. The highest BCUT2D eigenvalue weighted by Crippen LogP contribution is 2.18. The summed E-state index contributed by atoms with van der Waals surface area (Å²) >= 11 is 1.16. The van der Waals surface area contributed by atoms with Crippen LogP contribution >= 0.6 is 11.3 Å². The first kappa shape index (κ1) is 17.1. The van der Waals surface area contributed by atoms with E-state index in [9.17, 15) is 9.59 Å². The van der Waals surface area contributed by atoms with Gasteiger partial charge in [0.25, 0.3) is 5.91 Å². The normalized spacial score (nSPS) is 10.6. The first-order valence-corrected chi connectivity index (χ1v) is 8.20. The highest BCUT2D eigenvalue weighted by Gasteiger charge is 2.13. The zero-order valence-corrected chi connectivity index (χ0v) is 14.1. The van der Waals surface area contributed by atoms with E-state index in [2.05, 4.69) is 29.4 Å². The van der Waals surface area contributed by atoms with Gasteiger partial charge in [0, 0.05) is 5.56 Å². The van der Waals surface area contributed by atoms with Gasteiger partial charge in [-0.05, 0) is 30.5 Å². The summed E-state index contributed by atoms with van der Waals surface area (Å²) in [5.74, 6) is -0.189. The third kappa shape index (κ3) is 4.85. The van der Waals surface area contributed by atoms with Crippen molar-refractivity contribution in [2.24, 2.45) is 0 Å². The molecule has 0 atom stereocenters. The lowest BCUT2D eigenvalue weighted by atomic mass is 10.0. The lowest BCUT2D eigenvalue weighted by molar-refractivity contribution is -0.142. The molecule has 0 saturated carbocycles. The maximum Gasteiger partial charge on any atom is 0.312 e. The van der Waals surface area contributed by atoms with Crippen LogP contribution in [0.15, 0.2) is 24.3 Å². The van der Waals surface area contributed by atoms with Crippen molar-refractivity contribution >= 4 is 28.3 Å². The Morgan fingerprint density at radius 3 is 2.52 bits per heavy atom. The van der Waals surface area contributed by atoms with Crippen molar-refractivity contribution in [2.45, 2.75) is 33.1 Å². The van der Waals surface area contributed by atoms with E-state index >= 15 is 0 Å². The second-order valence-electron chi connectivity index (χ2n) is 5.21. The van der Waals surface area contributed by atoms with Crippen molar-refractivity contribution in [1.82, 2.24) is 10.2 Å². The van der Waals surface area contributed by atoms with Gasteiger partial charge in [-0.25, -0.2) is 0 Å². The van der Waals surface area contributed by atoms with Crippen molar-refractivity contribution in [3.63, 3.8) is 0 Å². The van der Waals surface area contributed by atoms with E-state index in [0.29, 0.717) is 28.2 Å². The van der Waals surface area contributed by atoms with E-state index in [1.54, 1.807) is 19.1 Å². The van der Waals surface area contributed by atoms with Gasteiger partial charge in [0.05, 0.1) is 13.0 Å². The van der Waals surface area contributed by atoms with Crippen LogP contribution in [0.2, 0.25) is 0 Å². The van der Waals surface area contributed by atoms with Gasteiger partial charge in [0.15, 0.2) is 0 Å². The molecule has 1 aromatic heterocycles. The largest absolute Gasteiger partial charge is 0.466 e. The Morgan fingerprint density at radius 2 is 1.91 bits per heavy atom. The number of carbonyl (C=O) groups excluding carboxylic acids is 2. The summed E-state index contributed by atoms with van der Waals surface area (Å²) < 4.78 is 4.85. The summed E-state index contributed by atoms with van der Waals surface area (Å²) in [5, 5.41) is 11.3. The van der Waals surface area contributed by atoms with Crippen LogP contribution in [0.1, 0.15) is 47.6 Å². The monoisotopic (exact) mass is 333 g/mol. The van der Waals surface area contributed by atoms with Crippen LogP contribution in [-0.4, -0.2) is 28.7 Å². The molecule has 0 spiro atoms. The number of nitrogens with zero attached hydrogens (tertiary/aromatic N) is 2. The number of rotatable bonds is 6. The quantitative estimate of drug-likeness (QED) is 0.822. The van der Waals surface area contributed by atoms with E-state index in [1.807, 2.05) is 12.1 Å². The van der Waals surface area contributed by atoms with Gasteiger partial charge in [-0.2, -0.15) is 0 Å². The van der Waals surface area contributed by atoms with Gasteiger partial charge in [-0.3, -0.25) is 14.9 Å². The van der Waals surface area contributed by atoms with Crippen molar-refractivity contribution in [3.8, 4) is 0 Å². The fourth-order valence-corrected chi connectivity index (χ4v) is 2.62. The fourth-order valence-electron chi connectivity index (χ4n) is 1.90. The molecule has 122 valence electrons. The second kappa shape index (κ2) is 7.82. The van der Waals surface area contributed by atoms with Gasteiger partial charge in [0.2, 0.25) is 5.13 Å². The topological polar surface area (TPSA) is 81.2 Å². The molecule has 0 radical (unpaired) electrons. The zero-order chi connectivity index (χ0) is 16.8. The maximum absolute atomic E-state index is 12.2. The molecule has 0 aliphatic rings. The maximum atomic E-state index is 12.2. The van der Waals surface area contributed by atoms with Gasteiger partial charge in [-0.15, -0.1) is 10.2 Å². The molecule has 0 aliphatic heterocycles. The average Bonchev–Trinajstić information content (AvgIpc) is 2.94. The van der Waals surface area contributed by atoms with E-state index in [1.165, 1.54) is 5.56 Å². The number of carbonyl (C=O) groups is 2. The molecule has 7 heteroatoms. The molecule has 6 nitrogen and oxygen atoms in total. The number of amides is 1. The Balaban J connectivity index is 1.97. The molecular formula is C16H19N3O3S. The predicted octanol–water partition coefficient (Wildman–Crippen LogP) is 3.02. The standard InChI is InChI=1S/C16H19N3O3S/c1-4-22-14(20)9-13-18-19-16(23-13)17-15(21)12-7-5-11(6-8-12)10(2)3/h5-8,10H,4,9H2,1-3H3,(H,17,19,21). The summed E-state index contributed by atoms with van der Waals surface area (Å²) in [5.41, 5.74) is 1.73. The van der Waals surface area contributed by atoms with Crippen molar-refractivity contribution in [3.05, 3.63) is 40.4 Å². The summed E-state index contributed by atoms with van der Waals surface area (Å²) in [6.07, 6.45) is 0.0600. The number of ether oxygens (including phenoxy) is 1. The van der Waals surface area contributed by atoms with Gasteiger partial charge in [0.1, 0.15) is 5.01 Å². The third-order valence-electron chi connectivity index (χ3n) is 3.13.